The van der Waals surface area contributed by atoms with Crippen LogP contribution in [0.15, 0.2) is 47.6 Å². The molecule has 1 atom stereocenters. The number of esters is 1. The minimum atomic E-state index is -0.967. The van der Waals surface area contributed by atoms with Gasteiger partial charge in [-0.2, -0.15) is 5.01 Å². The van der Waals surface area contributed by atoms with Gasteiger partial charge < -0.3 is 19.5 Å². The van der Waals surface area contributed by atoms with Crippen LogP contribution in [0.4, 0.5) is 5.69 Å². The number of ether oxygens (including phenoxy) is 3. The fraction of sp³-hybridized carbons (Fsp3) is 0.273. The quantitative estimate of drug-likeness (QED) is 0.563. The summed E-state index contributed by atoms with van der Waals surface area (Å²) in [7, 11) is 1.45. The zero-order valence-electron chi connectivity index (χ0n) is 17.7. The molecule has 3 rings (SSSR count). The molecule has 1 aliphatic rings. The summed E-state index contributed by atoms with van der Waals surface area (Å²) in [5.74, 6) is -0.390. The van der Waals surface area contributed by atoms with Crippen LogP contribution in [-0.2, 0) is 19.1 Å². The summed E-state index contributed by atoms with van der Waals surface area (Å²) < 4.78 is 16.7. The van der Waals surface area contributed by atoms with Crippen LogP contribution in [0.1, 0.15) is 44.5 Å². The van der Waals surface area contributed by atoms with Gasteiger partial charge in [-0.15, -0.1) is 5.10 Å². The van der Waals surface area contributed by atoms with Crippen molar-refractivity contribution >= 4 is 29.4 Å². The minimum Gasteiger partial charge on any atom is -0.493 e. The van der Waals surface area contributed by atoms with Crippen molar-refractivity contribution in [3.63, 3.8) is 0 Å². The van der Waals surface area contributed by atoms with Gasteiger partial charge in [-0.25, -0.2) is 0 Å². The number of nitrogens with zero attached hydrogens (tertiary/aromatic N) is 2. The highest BCUT2D eigenvalue weighted by molar-refractivity contribution is 5.98. The Balaban J connectivity index is 1.98. The number of carbonyl (C=O) groups is 3. The first-order valence-corrected chi connectivity index (χ1v) is 9.64. The van der Waals surface area contributed by atoms with Gasteiger partial charge in [0, 0.05) is 31.5 Å². The van der Waals surface area contributed by atoms with Crippen molar-refractivity contribution in [2.24, 2.45) is 5.10 Å². The summed E-state index contributed by atoms with van der Waals surface area (Å²) >= 11 is 0. The molecular weight excluding hydrogens is 402 g/mol. The SMILES string of the molecule is CCC(=O)Nc1cccc(C2=NN(C(C)=O)[C@@H](c3cccc(OC)c3OC(C)=O)O2)c1. The Bertz CT molecular complexity index is 1050. The Hall–Kier alpha value is -3.88. The highest BCUT2D eigenvalue weighted by atomic mass is 16.6. The zero-order chi connectivity index (χ0) is 22.5. The van der Waals surface area contributed by atoms with E-state index in [2.05, 4.69) is 10.4 Å². The second kappa shape index (κ2) is 9.29. The Morgan fingerprint density at radius 3 is 2.55 bits per heavy atom. The van der Waals surface area contributed by atoms with Crippen LogP contribution >= 0.6 is 0 Å². The fourth-order valence-corrected chi connectivity index (χ4v) is 3.01. The van der Waals surface area contributed by atoms with Crippen LogP contribution in [0.3, 0.4) is 0 Å². The minimum absolute atomic E-state index is 0.128. The van der Waals surface area contributed by atoms with Gasteiger partial charge in [-0.05, 0) is 30.3 Å². The molecule has 9 heteroatoms. The highest BCUT2D eigenvalue weighted by Gasteiger charge is 2.36. The molecule has 0 fully saturated rings. The molecule has 1 N–H and O–H groups in total. The molecule has 0 saturated carbocycles. The van der Waals surface area contributed by atoms with Crippen molar-refractivity contribution in [2.45, 2.75) is 33.4 Å². The number of para-hydroxylation sites is 1. The van der Waals surface area contributed by atoms with Crippen LogP contribution < -0.4 is 14.8 Å². The number of anilines is 1. The molecular formula is C22H23N3O6. The molecule has 1 heterocycles. The van der Waals surface area contributed by atoms with E-state index >= 15 is 0 Å². The Labute approximate surface area is 179 Å². The van der Waals surface area contributed by atoms with Gasteiger partial charge >= 0.3 is 5.97 Å². The number of benzene rings is 2. The lowest BCUT2D eigenvalue weighted by atomic mass is 10.1. The second-order valence-corrected chi connectivity index (χ2v) is 6.69. The highest BCUT2D eigenvalue weighted by Crippen LogP contribution is 2.40. The average Bonchev–Trinajstić information content (AvgIpc) is 3.19. The van der Waals surface area contributed by atoms with Crippen molar-refractivity contribution < 1.29 is 28.6 Å². The van der Waals surface area contributed by atoms with E-state index in [0.29, 0.717) is 29.0 Å². The van der Waals surface area contributed by atoms with Crippen LogP contribution in [0.5, 0.6) is 11.5 Å². The van der Waals surface area contributed by atoms with Gasteiger partial charge in [0.1, 0.15) is 0 Å². The number of hydrogen-bond donors (Lipinski definition) is 1. The average molecular weight is 425 g/mol. The topological polar surface area (TPSA) is 107 Å². The molecule has 0 aliphatic carbocycles. The van der Waals surface area contributed by atoms with Gasteiger partial charge in [0.15, 0.2) is 11.5 Å². The zero-order valence-corrected chi connectivity index (χ0v) is 17.7. The normalized spacial score (nSPS) is 15.0. The summed E-state index contributed by atoms with van der Waals surface area (Å²) in [6, 6.07) is 11.9. The first kappa shape index (κ1) is 21.8. The lowest BCUT2D eigenvalue weighted by molar-refractivity contribution is -0.135. The number of amides is 2. The predicted molar refractivity (Wildman–Crippen MR) is 113 cm³/mol. The van der Waals surface area contributed by atoms with E-state index in [1.54, 1.807) is 49.4 Å². The Kier molecular flexibility index (Phi) is 6.54. The molecule has 0 saturated heterocycles. The molecule has 162 valence electrons. The molecule has 2 amide bonds. The molecule has 31 heavy (non-hydrogen) atoms. The van der Waals surface area contributed by atoms with Crippen LogP contribution in [0.2, 0.25) is 0 Å². The lowest BCUT2D eigenvalue weighted by Crippen LogP contribution is -2.26. The maximum absolute atomic E-state index is 12.3. The standard InChI is InChI=1S/C22H23N3O6/c1-5-19(28)23-16-9-6-8-15(12-16)21-24-25(13(2)26)22(31-21)17-10-7-11-18(29-4)20(17)30-14(3)27/h6-12,22H,5H2,1-4H3,(H,23,28)/t22-/m1/s1. The van der Waals surface area contributed by atoms with Crippen molar-refractivity contribution in [2.75, 3.05) is 12.4 Å². The van der Waals surface area contributed by atoms with E-state index in [0.717, 1.165) is 5.01 Å². The number of rotatable bonds is 6. The molecule has 0 spiro atoms. The summed E-state index contributed by atoms with van der Waals surface area (Å²) in [6.07, 6.45) is -0.623. The fourth-order valence-electron chi connectivity index (χ4n) is 3.01. The van der Waals surface area contributed by atoms with Gasteiger partial charge in [0.2, 0.25) is 23.9 Å². The van der Waals surface area contributed by atoms with E-state index in [-0.39, 0.29) is 23.5 Å². The largest absolute Gasteiger partial charge is 0.493 e. The van der Waals surface area contributed by atoms with Crippen molar-refractivity contribution in [3.05, 3.63) is 53.6 Å². The first-order valence-electron chi connectivity index (χ1n) is 9.64. The predicted octanol–water partition coefficient (Wildman–Crippen LogP) is 3.21. The summed E-state index contributed by atoms with van der Waals surface area (Å²) in [5, 5.41) is 8.25. The number of hydrazone groups is 1. The first-order chi connectivity index (χ1) is 14.8. The van der Waals surface area contributed by atoms with E-state index < -0.39 is 12.2 Å². The molecule has 0 unspecified atom stereocenters. The second-order valence-electron chi connectivity index (χ2n) is 6.69. The van der Waals surface area contributed by atoms with E-state index in [9.17, 15) is 14.4 Å². The Morgan fingerprint density at radius 2 is 1.90 bits per heavy atom. The monoisotopic (exact) mass is 425 g/mol. The van der Waals surface area contributed by atoms with E-state index in [1.165, 1.54) is 21.0 Å². The third-order valence-electron chi connectivity index (χ3n) is 4.42. The lowest BCUT2D eigenvalue weighted by Gasteiger charge is -2.22. The van der Waals surface area contributed by atoms with E-state index in [4.69, 9.17) is 14.2 Å². The number of methoxy groups -OCH3 is 1. The summed E-state index contributed by atoms with van der Waals surface area (Å²) in [5.41, 5.74) is 1.55. The summed E-state index contributed by atoms with van der Waals surface area (Å²) in [4.78, 5) is 35.6. The molecule has 0 radical (unpaired) electrons. The van der Waals surface area contributed by atoms with Gasteiger partial charge in [-0.1, -0.05) is 19.1 Å². The van der Waals surface area contributed by atoms with Gasteiger partial charge in [0.05, 0.1) is 12.7 Å². The van der Waals surface area contributed by atoms with Crippen LogP contribution in [0, 0.1) is 0 Å². The van der Waals surface area contributed by atoms with Crippen LogP contribution in [0.25, 0.3) is 0 Å². The smallest absolute Gasteiger partial charge is 0.308 e. The number of hydrogen-bond acceptors (Lipinski definition) is 7. The summed E-state index contributed by atoms with van der Waals surface area (Å²) in [6.45, 7) is 4.38. The molecule has 1 aliphatic heterocycles. The Morgan fingerprint density at radius 1 is 1.16 bits per heavy atom. The van der Waals surface area contributed by atoms with E-state index in [1.807, 2.05) is 0 Å². The van der Waals surface area contributed by atoms with Gasteiger partial charge in [0.25, 0.3) is 0 Å². The van der Waals surface area contributed by atoms with Crippen molar-refractivity contribution in [1.29, 1.82) is 0 Å². The maximum atomic E-state index is 12.3. The number of nitrogens with one attached hydrogen (secondary N) is 1. The third kappa shape index (κ3) is 4.82. The number of carbonyl (C=O) groups excluding carboxylic acids is 3. The van der Waals surface area contributed by atoms with Crippen molar-refractivity contribution in [3.8, 4) is 11.5 Å². The van der Waals surface area contributed by atoms with Crippen LogP contribution in [-0.4, -0.2) is 35.8 Å². The third-order valence-corrected chi connectivity index (χ3v) is 4.42. The van der Waals surface area contributed by atoms with Crippen molar-refractivity contribution in [1.82, 2.24) is 5.01 Å². The molecule has 0 aromatic heterocycles. The molecule has 0 bridgehead atoms. The van der Waals surface area contributed by atoms with Gasteiger partial charge in [-0.3, -0.25) is 14.4 Å². The molecule has 9 nitrogen and oxygen atoms in total. The maximum Gasteiger partial charge on any atom is 0.308 e. The molecule has 2 aromatic carbocycles. The molecule has 2 aromatic rings.